The molecule has 0 amide bonds. The Balaban J connectivity index is 1.83. The fourth-order valence-corrected chi connectivity index (χ4v) is 4.20. The van der Waals surface area contributed by atoms with Crippen molar-refractivity contribution in [3.8, 4) is 0 Å². The van der Waals surface area contributed by atoms with Crippen molar-refractivity contribution in [3.63, 3.8) is 0 Å². The number of aromatic amines is 1. The number of nitrogens with one attached hydrogen (secondary N) is 1. The van der Waals surface area contributed by atoms with Crippen molar-refractivity contribution < 1.29 is 8.42 Å². The molecule has 0 aromatic carbocycles. The molecule has 0 radical (unpaired) electrons. The third-order valence-corrected chi connectivity index (χ3v) is 6.54. The summed E-state index contributed by atoms with van der Waals surface area (Å²) in [5.41, 5.74) is 0.793. The van der Waals surface area contributed by atoms with Crippen LogP contribution < -0.4 is 4.90 Å². The summed E-state index contributed by atoms with van der Waals surface area (Å²) < 4.78 is 26.2. The number of aromatic nitrogens is 3. The van der Waals surface area contributed by atoms with E-state index >= 15 is 0 Å². The van der Waals surface area contributed by atoms with Crippen molar-refractivity contribution in [2.75, 3.05) is 25.0 Å². The van der Waals surface area contributed by atoms with E-state index in [0.717, 1.165) is 23.3 Å². The summed E-state index contributed by atoms with van der Waals surface area (Å²) in [5.74, 6) is 0.833. The van der Waals surface area contributed by atoms with E-state index in [-0.39, 0.29) is 11.3 Å². The van der Waals surface area contributed by atoms with Gasteiger partial charge in [0.15, 0.2) is 0 Å². The van der Waals surface area contributed by atoms with Crippen molar-refractivity contribution in [1.29, 1.82) is 0 Å². The lowest BCUT2D eigenvalue weighted by Gasteiger charge is -2.26. The van der Waals surface area contributed by atoms with Crippen molar-refractivity contribution in [3.05, 3.63) is 18.6 Å². The zero-order chi connectivity index (χ0) is 15.9. The van der Waals surface area contributed by atoms with Crippen molar-refractivity contribution in [2.24, 2.45) is 0 Å². The number of nitrogens with zero attached hydrogens (tertiary/aromatic N) is 4. The minimum Gasteiger partial charge on any atom is -0.355 e. The van der Waals surface area contributed by atoms with Crippen LogP contribution in [0, 0.1) is 0 Å². The lowest BCUT2D eigenvalue weighted by molar-refractivity contribution is 0.463. The Labute approximate surface area is 130 Å². The molecule has 8 heteroatoms. The maximum absolute atomic E-state index is 12.3. The minimum atomic E-state index is -3.19. The molecule has 0 saturated carbocycles. The third kappa shape index (κ3) is 2.46. The van der Waals surface area contributed by atoms with Gasteiger partial charge in [-0.05, 0) is 26.3 Å². The van der Waals surface area contributed by atoms with E-state index in [0.29, 0.717) is 13.1 Å². The van der Waals surface area contributed by atoms with Crippen LogP contribution in [0.4, 0.5) is 5.82 Å². The van der Waals surface area contributed by atoms with Crippen LogP contribution in [-0.4, -0.2) is 59.1 Å². The Morgan fingerprint density at radius 1 is 1.41 bits per heavy atom. The van der Waals surface area contributed by atoms with Crippen LogP contribution in [0.5, 0.6) is 0 Å². The normalized spacial score (nSPS) is 20.1. The van der Waals surface area contributed by atoms with E-state index in [1.807, 2.05) is 19.3 Å². The molecule has 2 aromatic heterocycles. The first-order valence-corrected chi connectivity index (χ1v) is 8.91. The summed E-state index contributed by atoms with van der Waals surface area (Å²) in [5, 5.41) is 0.571. The SMILES string of the molecule is CC(C)S(=O)(=O)N1CC[C@@H](N(C)c2ncnc3[nH]ccc23)C1. The lowest BCUT2D eigenvalue weighted by Crippen LogP contribution is -2.39. The first-order valence-electron chi connectivity index (χ1n) is 7.41. The Bertz CT molecular complexity index is 770. The Morgan fingerprint density at radius 3 is 2.91 bits per heavy atom. The van der Waals surface area contributed by atoms with Gasteiger partial charge in [-0.1, -0.05) is 0 Å². The summed E-state index contributed by atoms with van der Waals surface area (Å²) in [6.45, 7) is 4.52. The van der Waals surface area contributed by atoms with Gasteiger partial charge in [0.25, 0.3) is 0 Å². The second kappa shape index (κ2) is 5.51. The molecule has 22 heavy (non-hydrogen) atoms. The maximum Gasteiger partial charge on any atom is 0.216 e. The fourth-order valence-electron chi connectivity index (χ4n) is 2.87. The molecule has 120 valence electrons. The molecule has 1 aliphatic rings. The molecule has 1 N–H and O–H groups in total. The number of hydrogen-bond donors (Lipinski definition) is 1. The Morgan fingerprint density at radius 2 is 2.18 bits per heavy atom. The average Bonchev–Trinajstić information content (AvgIpc) is 3.14. The van der Waals surface area contributed by atoms with Gasteiger partial charge in [0.05, 0.1) is 10.6 Å². The van der Waals surface area contributed by atoms with Crippen LogP contribution in [0.2, 0.25) is 0 Å². The van der Waals surface area contributed by atoms with E-state index in [1.165, 1.54) is 6.33 Å². The summed E-state index contributed by atoms with van der Waals surface area (Å²) in [4.78, 5) is 13.7. The number of sulfonamides is 1. The molecule has 0 bridgehead atoms. The van der Waals surface area contributed by atoms with Crippen LogP contribution in [0.1, 0.15) is 20.3 Å². The van der Waals surface area contributed by atoms with Crippen LogP contribution >= 0.6 is 0 Å². The highest BCUT2D eigenvalue weighted by Crippen LogP contribution is 2.27. The average molecular weight is 323 g/mol. The zero-order valence-corrected chi connectivity index (χ0v) is 13.8. The van der Waals surface area contributed by atoms with Gasteiger partial charge in [0.1, 0.15) is 17.8 Å². The van der Waals surface area contributed by atoms with Gasteiger partial charge in [-0.25, -0.2) is 18.4 Å². The number of rotatable bonds is 4. The van der Waals surface area contributed by atoms with Crippen LogP contribution in [0.15, 0.2) is 18.6 Å². The van der Waals surface area contributed by atoms with E-state index in [2.05, 4.69) is 19.9 Å². The van der Waals surface area contributed by atoms with Crippen molar-refractivity contribution in [2.45, 2.75) is 31.6 Å². The van der Waals surface area contributed by atoms with Gasteiger partial charge in [-0.15, -0.1) is 0 Å². The second-order valence-corrected chi connectivity index (χ2v) is 8.43. The number of H-pyrrole nitrogens is 1. The molecular formula is C14H21N5O2S. The standard InChI is InChI=1S/C14H21N5O2S/c1-10(2)22(20,21)19-7-5-11(8-19)18(3)14-12-4-6-15-13(12)16-9-17-14/h4,6,9-11H,5,7-8H2,1-3H3,(H,15,16,17)/t11-/m1/s1. The van der Waals surface area contributed by atoms with Gasteiger partial charge in [0, 0.05) is 32.4 Å². The molecule has 0 spiro atoms. The van der Waals surface area contributed by atoms with Crippen LogP contribution in [0.3, 0.4) is 0 Å². The summed E-state index contributed by atoms with van der Waals surface area (Å²) in [7, 11) is -1.23. The Hall–Kier alpha value is -1.67. The number of hydrogen-bond acceptors (Lipinski definition) is 5. The fraction of sp³-hybridized carbons (Fsp3) is 0.571. The van der Waals surface area contributed by atoms with E-state index in [1.54, 1.807) is 18.2 Å². The van der Waals surface area contributed by atoms with Gasteiger partial charge in [-0.3, -0.25) is 0 Å². The summed E-state index contributed by atoms with van der Waals surface area (Å²) in [6.07, 6.45) is 4.17. The first kappa shape index (κ1) is 15.2. The topological polar surface area (TPSA) is 82.2 Å². The molecule has 1 atom stereocenters. The van der Waals surface area contributed by atoms with Gasteiger partial charge >= 0.3 is 0 Å². The number of fused-ring (bicyclic) bond motifs is 1. The van der Waals surface area contributed by atoms with Crippen molar-refractivity contribution in [1.82, 2.24) is 19.3 Å². The highest BCUT2D eigenvalue weighted by Gasteiger charge is 2.35. The largest absolute Gasteiger partial charge is 0.355 e. The second-order valence-electron chi connectivity index (χ2n) is 5.94. The predicted octanol–water partition coefficient (Wildman–Crippen LogP) is 1.21. The number of anilines is 1. The molecule has 3 rings (SSSR count). The molecule has 7 nitrogen and oxygen atoms in total. The minimum absolute atomic E-state index is 0.126. The molecule has 0 aliphatic carbocycles. The molecule has 1 aliphatic heterocycles. The number of likely N-dealkylation sites (N-methyl/N-ethyl adjacent to an activating group) is 1. The first-order chi connectivity index (χ1) is 10.4. The smallest absolute Gasteiger partial charge is 0.216 e. The predicted molar refractivity (Wildman–Crippen MR) is 86.3 cm³/mol. The highest BCUT2D eigenvalue weighted by atomic mass is 32.2. The van der Waals surface area contributed by atoms with E-state index in [9.17, 15) is 8.42 Å². The molecule has 1 saturated heterocycles. The quantitative estimate of drug-likeness (QED) is 0.914. The molecule has 3 heterocycles. The molecular weight excluding hydrogens is 302 g/mol. The monoisotopic (exact) mass is 323 g/mol. The summed E-state index contributed by atoms with van der Waals surface area (Å²) >= 11 is 0. The van der Waals surface area contributed by atoms with E-state index < -0.39 is 10.0 Å². The zero-order valence-electron chi connectivity index (χ0n) is 13.0. The lowest BCUT2D eigenvalue weighted by atomic mass is 10.2. The van der Waals surface area contributed by atoms with Crippen LogP contribution in [-0.2, 0) is 10.0 Å². The molecule has 0 unspecified atom stereocenters. The highest BCUT2D eigenvalue weighted by molar-refractivity contribution is 7.89. The molecule has 2 aromatic rings. The van der Waals surface area contributed by atoms with Crippen molar-refractivity contribution >= 4 is 26.9 Å². The maximum atomic E-state index is 12.3. The van der Waals surface area contributed by atoms with E-state index in [4.69, 9.17) is 0 Å². The van der Waals surface area contributed by atoms with Gasteiger partial charge in [0.2, 0.25) is 10.0 Å². The summed E-state index contributed by atoms with van der Waals surface area (Å²) in [6, 6.07) is 2.07. The van der Waals surface area contributed by atoms with Gasteiger partial charge < -0.3 is 9.88 Å². The van der Waals surface area contributed by atoms with Gasteiger partial charge in [-0.2, -0.15) is 4.31 Å². The molecule has 1 fully saturated rings. The Kier molecular flexibility index (Phi) is 3.82. The third-order valence-electron chi connectivity index (χ3n) is 4.30. The van der Waals surface area contributed by atoms with Crippen LogP contribution in [0.25, 0.3) is 11.0 Å².